The fourth-order valence-corrected chi connectivity index (χ4v) is 4.62. The van der Waals surface area contributed by atoms with Crippen molar-refractivity contribution in [1.29, 1.82) is 0 Å². The van der Waals surface area contributed by atoms with Crippen LogP contribution in [-0.2, 0) is 13.0 Å². The monoisotopic (exact) mass is 400 g/mol. The summed E-state index contributed by atoms with van der Waals surface area (Å²) in [7, 11) is 3.11. The molecule has 29 heavy (non-hydrogen) atoms. The minimum Gasteiger partial charge on any atom is -0.633 e. The molecule has 0 aromatic heterocycles. The molecule has 1 saturated heterocycles. The van der Waals surface area contributed by atoms with Crippen LogP contribution < -0.4 is 9.47 Å². The molecule has 5 heteroatoms. The lowest BCUT2D eigenvalue weighted by Crippen LogP contribution is -2.47. The summed E-state index contributed by atoms with van der Waals surface area (Å²) >= 11 is 0. The highest BCUT2D eigenvalue weighted by Gasteiger charge is 2.36. The lowest BCUT2D eigenvalue weighted by molar-refractivity contribution is -0.899. The van der Waals surface area contributed by atoms with Gasteiger partial charge >= 0.3 is 0 Å². The fourth-order valence-electron chi connectivity index (χ4n) is 4.62. The van der Waals surface area contributed by atoms with Gasteiger partial charge in [0.25, 0.3) is 0 Å². The van der Waals surface area contributed by atoms with Crippen molar-refractivity contribution in [3.8, 4) is 11.5 Å². The molecule has 4 rings (SSSR count). The van der Waals surface area contributed by atoms with Gasteiger partial charge in [-0.1, -0.05) is 30.2 Å². The second-order valence-electron chi connectivity index (χ2n) is 8.08. The van der Waals surface area contributed by atoms with Crippen LogP contribution in [0.15, 0.2) is 42.3 Å². The molecule has 2 aromatic carbocycles. The quantitative estimate of drug-likeness (QED) is 0.534. The molecular weight excluding hydrogens is 366 g/mol. The van der Waals surface area contributed by atoms with Gasteiger partial charge in [-0.2, -0.15) is 0 Å². The van der Waals surface area contributed by atoms with Crippen molar-refractivity contribution < 1.29 is 25.8 Å². The summed E-state index contributed by atoms with van der Waals surface area (Å²) in [6.07, 6.45) is 2.61. The first-order chi connectivity index (χ1) is 16.1. The summed E-state index contributed by atoms with van der Waals surface area (Å²) in [6, 6.07) is 1.73. The molecule has 1 atom stereocenters. The van der Waals surface area contributed by atoms with Gasteiger partial charge in [0.1, 0.15) is 6.54 Å². The minimum absolute atomic E-state index is 0.0729. The molecule has 0 N–H and O–H groups in total. The summed E-state index contributed by atoms with van der Waals surface area (Å²) in [5.41, 5.74) is 1.70. The van der Waals surface area contributed by atoms with Crippen LogP contribution in [0.5, 0.6) is 11.5 Å². The lowest BCUT2D eigenvalue weighted by Gasteiger charge is -2.47. The number of benzene rings is 2. The molecule has 0 amide bonds. The normalized spacial score (nSPS) is 28.7. The van der Waals surface area contributed by atoms with Gasteiger partial charge in [-0.3, -0.25) is 4.79 Å². The fraction of sp³-hybridized carbons (Fsp3) is 0.458. The highest BCUT2D eigenvalue weighted by molar-refractivity contribution is 6.02. The van der Waals surface area contributed by atoms with Gasteiger partial charge in [0, 0.05) is 17.0 Å². The van der Waals surface area contributed by atoms with E-state index in [0.717, 1.165) is 5.56 Å². The first-order valence-electron chi connectivity index (χ1n) is 12.5. The third kappa shape index (κ3) is 4.16. The van der Waals surface area contributed by atoms with E-state index in [1.165, 1.54) is 0 Å². The second-order valence-corrected chi connectivity index (χ2v) is 8.08. The third-order valence-corrected chi connectivity index (χ3v) is 6.22. The Hall–Kier alpha value is -2.37. The number of nitrogens with zero attached hydrogens (tertiary/aromatic N) is 1. The zero-order valence-corrected chi connectivity index (χ0v) is 16.8. The Balaban J connectivity index is 1.41. The number of hydrogen-bond acceptors (Lipinski definition) is 4. The molecule has 1 heterocycles. The standard InChI is InChI=1S/C24H29NO4/c1-28-22-14-19-13-20(24(26)21(19)15-23(22)29-2)12-17-8-10-25(27,11-9-17)16-18-6-4-3-5-7-18/h3-7,14-15,17,20H,8-13,16H2,1-2H3/i3D,4D,5D,6D,7D. The number of quaternary nitrogens is 1. The van der Waals surface area contributed by atoms with Gasteiger partial charge in [0.05, 0.1) is 34.2 Å². The average molecular weight is 401 g/mol. The molecule has 1 unspecified atom stereocenters. The maximum atomic E-state index is 13.4. The van der Waals surface area contributed by atoms with Crippen LogP contribution in [0.25, 0.3) is 0 Å². The van der Waals surface area contributed by atoms with E-state index in [0.29, 0.717) is 55.8 Å². The summed E-state index contributed by atoms with van der Waals surface area (Å²) in [6.45, 7) is 0.445. The van der Waals surface area contributed by atoms with Crippen LogP contribution in [0.2, 0.25) is 0 Å². The van der Waals surface area contributed by atoms with E-state index >= 15 is 0 Å². The van der Waals surface area contributed by atoms with Gasteiger partial charge in [-0.25, -0.2) is 0 Å². The number of Topliss-reactive ketones (excluding diaryl/α,β-unsaturated/α-hetero) is 1. The van der Waals surface area contributed by atoms with Gasteiger partial charge in [0.15, 0.2) is 17.3 Å². The van der Waals surface area contributed by atoms with Gasteiger partial charge in [-0.05, 0) is 49.3 Å². The maximum absolute atomic E-state index is 13.4. The number of methoxy groups -OCH3 is 2. The minimum atomic E-state index is -0.613. The van der Waals surface area contributed by atoms with Crippen LogP contribution in [0.3, 0.4) is 0 Å². The predicted molar refractivity (Wildman–Crippen MR) is 112 cm³/mol. The number of carbonyl (C=O) groups is 1. The van der Waals surface area contributed by atoms with Crippen LogP contribution >= 0.6 is 0 Å². The maximum Gasteiger partial charge on any atom is 0.166 e. The van der Waals surface area contributed by atoms with Crippen molar-refractivity contribution in [3.63, 3.8) is 0 Å². The van der Waals surface area contributed by atoms with E-state index in [-0.39, 0.29) is 41.8 Å². The molecular formula is C24H29NO4. The summed E-state index contributed by atoms with van der Waals surface area (Å²) in [5, 5.41) is 13.4. The van der Waals surface area contributed by atoms with Crippen LogP contribution in [0, 0.1) is 17.0 Å². The second kappa shape index (κ2) is 8.17. The van der Waals surface area contributed by atoms with E-state index in [4.69, 9.17) is 16.3 Å². The Labute approximate surface area is 179 Å². The highest BCUT2D eigenvalue weighted by Crippen LogP contribution is 2.40. The Morgan fingerprint density at radius 3 is 2.41 bits per heavy atom. The van der Waals surface area contributed by atoms with Crippen molar-refractivity contribution in [2.75, 3.05) is 27.3 Å². The van der Waals surface area contributed by atoms with Crippen molar-refractivity contribution >= 4 is 5.78 Å². The molecule has 0 bridgehead atoms. The Kier molecular flexibility index (Phi) is 4.11. The Bertz CT molecular complexity index is 1100. The molecule has 2 aliphatic rings. The lowest BCUT2D eigenvalue weighted by atomic mass is 9.85. The van der Waals surface area contributed by atoms with Gasteiger partial charge in [-0.15, -0.1) is 0 Å². The van der Waals surface area contributed by atoms with Crippen LogP contribution in [0.1, 0.15) is 47.6 Å². The molecule has 1 aliphatic heterocycles. The van der Waals surface area contributed by atoms with E-state index in [1.54, 1.807) is 20.3 Å². The van der Waals surface area contributed by atoms with E-state index in [2.05, 4.69) is 0 Å². The van der Waals surface area contributed by atoms with Crippen LogP contribution in [-0.4, -0.2) is 37.7 Å². The van der Waals surface area contributed by atoms with E-state index in [9.17, 15) is 10.0 Å². The summed E-state index contributed by atoms with van der Waals surface area (Å²) < 4.78 is 49.7. The Morgan fingerprint density at radius 1 is 1.10 bits per heavy atom. The molecule has 1 aliphatic carbocycles. The number of likely N-dealkylation sites (tertiary alicyclic amines) is 1. The molecule has 0 radical (unpaired) electrons. The van der Waals surface area contributed by atoms with Gasteiger partial charge < -0.3 is 19.3 Å². The highest BCUT2D eigenvalue weighted by atomic mass is 16.5. The number of carbonyl (C=O) groups excluding carboxylic acids is 1. The molecule has 0 spiro atoms. The van der Waals surface area contributed by atoms with E-state index in [1.807, 2.05) is 6.07 Å². The van der Waals surface area contributed by atoms with Crippen LogP contribution in [0.4, 0.5) is 0 Å². The first kappa shape index (κ1) is 14.6. The van der Waals surface area contributed by atoms with Crippen molar-refractivity contribution in [2.24, 2.45) is 11.8 Å². The number of hydroxylamine groups is 3. The topological polar surface area (TPSA) is 58.6 Å². The zero-order valence-electron chi connectivity index (χ0n) is 21.8. The summed E-state index contributed by atoms with van der Waals surface area (Å²) in [4.78, 5) is 13.0. The third-order valence-electron chi connectivity index (χ3n) is 6.22. The smallest absolute Gasteiger partial charge is 0.166 e. The molecule has 5 nitrogen and oxygen atoms in total. The number of fused-ring (bicyclic) bond motifs is 1. The molecule has 154 valence electrons. The Morgan fingerprint density at radius 2 is 1.76 bits per heavy atom. The SMILES string of the molecule is [2H]c1c([2H])c([2H])c(C[N+]2([O-])CCC(CC3Cc4cc(OC)c(OC)cc4C3=O)CC2)c([2H])c1[2H]. The summed E-state index contributed by atoms with van der Waals surface area (Å²) in [5.74, 6) is 1.34. The predicted octanol–water partition coefficient (Wildman–Crippen LogP) is 4.37. The largest absolute Gasteiger partial charge is 0.633 e. The number of ketones is 1. The van der Waals surface area contributed by atoms with E-state index < -0.39 is 22.8 Å². The average Bonchev–Trinajstić information content (AvgIpc) is 3.14. The number of hydrogen-bond donors (Lipinski definition) is 0. The zero-order chi connectivity index (χ0) is 24.8. The number of ether oxygens (including phenoxy) is 2. The van der Waals surface area contributed by atoms with Gasteiger partial charge in [0.2, 0.25) is 0 Å². The van der Waals surface area contributed by atoms with Crippen molar-refractivity contribution in [2.45, 2.75) is 32.2 Å². The first-order valence-corrected chi connectivity index (χ1v) is 10.0. The van der Waals surface area contributed by atoms with Crippen molar-refractivity contribution in [1.82, 2.24) is 0 Å². The molecule has 0 saturated carbocycles. The molecule has 2 aromatic rings. The molecule has 1 fully saturated rings. The number of rotatable bonds is 6. The number of piperidine rings is 1. The van der Waals surface area contributed by atoms with Crippen molar-refractivity contribution in [3.05, 3.63) is 64.2 Å².